The van der Waals surface area contributed by atoms with Crippen molar-refractivity contribution in [3.63, 3.8) is 0 Å². The molecule has 2 rings (SSSR count). The fraction of sp³-hybridized carbons (Fsp3) is 0.789. The Morgan fingerprint density at radius 1 is 1.26 bits per heavy atom. The van der Waals surface area contributed by atoms with E-state index in [4.69, 9.17) is 9.73 Å². The molecule has 1 aromatic rings. The van der Waals surface area contributed by atoms with E-state index in [-0.39, 0.29) is 24.0 Å². The minimum absolute atomic E-state index is 0. The molecule has 7 nitrogen and oxygen atoms in total. The normalized spacial score (nSPS) is 16.8. The lowest BCUT2D eigenvalue weighted by atomic mass is 10.0. The molecule has 1 saturated heterocycles. The number of hydrogen-bond donors (Lipinski definition) is 2. The van der Waals surface area contributed by atoms with E-state index in [0.717, 1.165) is 64.9 Å². The van der Waals surface area contributed by atoms with Crippen LogP contribution in [-0.4, -0.2) is 72.6 Å². The third-order valence-corrected chi connectivity index (χ3v) is 4.53. The smallest absolute Gasteiger partial charge is 0.191 e. The first-order valence-electron chi connectivity index (χ1n) is 10.0. The molecule has 0 spiro atoms. The summed E-state index contributed by atoms with van der Waals surface area (Å²) in [5.74, 6) is 1.58. The van der Waals surface area contributed by atoms with Gasteiger partial charge in [-0.25, -0.2) is 0 Å². The standard InChI is InChI=1S/C19H36N6O.HI/c1-4-20-19(21-7-5-9-25-10-6-8-23-25)22-16-18(15-17(2)3)24-11-13-26-14-12-24;/h6,8,10,17-18H,4-5,7,9,11-16H2,1-3H3,(H2,20,21,22);1H. The first-order valence-corrected chi connectivity index (χ1v) is 10.0. The number of rotatable bonds is 10. The van der Waals surface area contributed by atoms with Crippen LogP contribution < -0.4 is 10.6 Å². The number of guanidine groups is 1. The van der Waals surface area contributed by atoms with Crippen LogP contribution >= 0.6 is 24.0 Å². The van der Waals surface area contributed by atoms with Crippen molar-refractivity contribution < 1.29 is 4.74 Å². The molecular formula is C19H37IN6O. The topological polar surface area (TPSA) is 66.7 Å². The molecule has 0 saturated carbocycles. The van der Waals surface area contributed by atoms with E-state index in [1.165, 1.54) is 6.42 Å². The van der Waals surface area contributed by atoms with Crippen molar-refractivity contribution in [2.75, 3.05) is 45.9 Å². The molecular weight excluding hydrogens is 455 g/mol. The van der Waals surface area contributed by atoms with E-state index in [9.17, 15) is 0 Å². The van der Waals surface area contributed by atoms with Gasteiger partial charge >= 0.3 is 0 Å². The first kappa shape index (κ1) is 24.2. The van der Waals surface area contributed by atoms with Gasteiger partial charge in [-0.05, 0) is 31.7 Å². The Bertz CT molecular complexity index is 502. The van der Waals surface area contributed by atoms with Crippen LogP contribution in [0.25, 0.3) is 0 Å². The van der Waals surface area contributed by atoms with Crippen LogP contribution in [0.5, 0.6) is 0 Å². The van der Waals surface area contributed by atoms with E-state index in [0.29, 0.717) is 12.0 Å². The summed E-state index contributed by atoms with van der Waals surface area (Å²) in [5.41, 5.74) is 0. The molecule has 0 aliphatic carbocycles. The highest BCUT2D eigenvalue weighted by molar-refractivity contribution is 14.0. The van der Waals surface area contributed by atoms with Crippen LogP contribution in [0.2, 0.25) is 0 Å². The minimum atomic E-state index is 0. The number of ether oxygens (including phenoxy) is 1. The van der Waals surface area contributed by atoms with Crippen LogP contribution in [0.3, 0.4) is 0 Å². The second-order valence-corrected chi connectivity index (χ2v) is 7.20. The number of aliphatic imine (C=N–C) groups is 1. The van der Waals surface area contributed by atoms with Crippen LogP contribution in [0.1, 0.15) is 33.6 Å². The molecule has 1 unspecified atom stereocenters. The highest BCUT2D eigenvalue weighted by atomic mass is 127. The molecule has 27 heavy (non-hydrogen) atoms. The number of morpholine rings is 1. The van der Waals surface area contributed by atoms with Crippen molar-refractivity contribution in [1.29, 1.82) is 0 Å². The third kappa shape index (κ3) is 9.75. The Morgan fingerprint density at radius 3 is 2.67 bits per heavy atom. The summed E-state index contributed by atoms with van der Waals surface area (Å²) in [5, 5.41) is 11.0. The van der Waals surface area contributed by atoms with Crippen molar-refractivity contribution in [2.45, 2.75) is 46.2 Å². The Kier molecular flexibility index (Phi) is 12.7. The second kappa shape index (κ2) is 14.2. The van der Waals surface area contributed by atoms with Crippen LogP contribution in [0, 0.1) is 5.92 Å². The molecule has 0 amide bonds. The summed E-state index contributed by atoms with van der Waals surface area (Å²) in [6.07, 6.45) is 6.00. The summed E-state index contributed by atoms with van der Waals surface area (Å²) in [4.78, 5) is 7.40. The first-order chi connectivity index (χ1) is 12.7. The average Bonchev–Trinajstić information content (AvgIpc) is 3.16. The Hall–Kier alpha value is -0.870. The number of aromatic nitrogens is 2. The SMILES string of the molecule is CCNC(=NCC(CC(C)C)N1CCOCC1)NCCCn1cccn1.I. The molecule has 0 radical (unpaired) electrons. The Labute approximate surface area is 181 Å². The number of nitrogens with one attached hydrogen (secondary N) is 2. The molecule has 8 heteroatoms. The zero-order valence-electron chi connectivity index (χ0n) is 17.1. The van der Waals surface area contributed by atoms with E-state index < -0.39 is 0 Å². The summed E-state index contributed by atoms with van der Waals surface area (Å²) in [7, 11) is 0. The molecule has 1 aliphatic rings. The molecule has 0 aromatic carbocycles. The van der Waals surface area contributed by atoms with Gasteiger partial charge in [-0.15, -0.1) is 24.0 Å². The Balaban J connectivity index is 0.00000364. The molecule has 156 valence electrons. The highest BCUT2D eigenvalue weighted by Crippen LogP contribution is 2.14. The number of halogens is 1. The van der Waals surface area contributed by atoms with E-state index >= 15 is 0 Å². The van der Waals surface area contributed by atoms with Crippen molar-refractivity contribution in [3.05, 3.63) is 18.5 Å². The molecule has 1 aliphatic heterocycles. The van der Waals surface area contributed by atoms with Crippen LogP contribution in [0.4, 0.5) is 0 Å². The highest BCUT2D eigenvalue weighted by Gasteiger charge is 2.21. The quantitative estimate of drug-likeness (QED) is 0.227. The van der Waals surface area contributed by atoms with Gasteiger partial charge in [-0.3, -0.25) is 14.6 Å². The van der Waals surface area contributed by atoms with Gasteiger partial charge in [0.2, 0.25) is 0 Å². The van der Waals surface area contributed by atoms with E-state index in [1.807, 2.05) is 23.1 Å². The Morgan fingerprint density at radius 2 is 2.04 bits per heavy atom. The summed E-state index contributed by atoms with van der Waals surface area (Å²) in [6.45, 7) is 13.9. The predicted molar refractivity (Wildman–Crippen MR) is 122 cm³/mol. The maximum absolute atomic E-state index is 5.51. The summed E-state index contributed by atoms with van der Waals surface area (Å²) in [6, 6.07) is 2.44. The lowest BCUT2D eigenvalue weighted by Gasteiger charge is -2.34. The van der Waals surface area contributed by atoms with Crippen molar-refractivity contribution in [2.24, 2.45) is 10.9 Å². The van der Waals surface area contributed by atoms with Crippen molar-refractivity contribution >= 4 is 29.9 Å². The molecule has 2 heterocycles. The third-order valence-electron chi connectivity index (χ3n) is 4.53. The molecule has 1 fully saturated rings. The van der Waals surface area contributed by atoms with Crippen molar-refractivity contribution in [3.8, 4) is 0 Å². The molecule has 1 aromatic heterocycles. The van der Waals surface area contributed by atoms with Gasteiger partial charge < -0.3 is 15.4 Å². The summed E-state index contributed by atoms with van der Waals surface area (Å²) >= 11 is 0. The van der Waals surface area contributed by atoms with Gasteiger partial charge in [0.15, 0.2) is 5.96 Å². The van der Waals surface area contributed by atoms with Gasteiger partial charge in [-0.2, -0.15) is 5.10 Å². The number of nitrogens with zero attached hydrogens (tertiary/aromatic N) is 4. The lowest BCUT2D eigenvalue weighted by molar-refractivity contribution is 0.0143. The average molecular weight is 492 g/mol. The zero-order valence-corrected chi connectivity index (χ0v) is 19.4. The maximum atomic E-state index is 5.51. The van der Waals surface area contributed by atoms with Gasteiger partial charge in [0, 0.05) is 51.2 Å². The molecule has 0 bridgehead atoms. The number of hydrogen-bond acceptors (Lipinski definition) is 4. The molecule has 2 N–H and O–H groups in total. The van der Waals surface area contributed by atoms with Crippen molar-refractivity contribution in [1.82, 2.24) is 25.3 Å². The minimum Gasteiger partial charge on any atom is -0.379 e. The van der Waals surface area contributed by atoms with Crippen LogP contribution in [-0.2, 0) is 11.3 Å². The van der Waals surface area contributed by atoms with Crippen LogP contribution in [0.15, 0.2) is 23.5 Å². The molecule has 1 atom stereocenters. The maximum Gasteiger partial charge on any atom is 0.191 e. The van der Waals surface area contributed by atoms with Gasteiger partial charge in [0.25, 0.3) is 0 Å². The largest absolute Gasteiger partial charge is 0.379 e. The summed E-state index contributed by atoms with van der Waals surface area (Å²) < 4.78 is 7.47. The number of aryl methyl sites for hydroxylation is 1. The van der Waals surface area contributed by atoms with Gasteiger partial charge in [-0.1, -0.05) is 13.8 Å². The zero-order chi connectivity index (χ0) is 18.6. The van der Waals surface area contributed by atoms with E-state index in [1.54, 1.807) is 0 Å². The lowest BCUT2D eigenvalue weighted by Crippen LogP contribution is -2.46. The van der Waals surface area contributed by atoms with Gasteiger partial charge in [0.05, 0.1) is 19.8 Å². The fourth-order valence-electron chi connectivity index (χ4n) is 3.24. The predicted octanol–water partition coefficient (Wildman–Crippen LogP) is 2.19. The van der Waals surface area contributed by atoms with E-state index in [2.05, 4.69) is 41.4 Å². The fourth-order valence-corrected chi connectivity index (χ4v) is 3.24. The monoisotopic (exact) mass is 492 g/mol. The second-order valence-electron chi connectivity index (χ2n) is 7.20. The van der Waals surface area contributed by atoms with Gasteiger partial charge in [0.1, 0.15) is 0 Å².